The van der Waals surface area contributed by atoms with Gasteiger partial charge in [0, 0.05) is 44.5 Å². The fourth-order valence-electron chi connectivity index (χ4n) is 4.17. The van der Waals surface area contributed by atoms with Gasteiger partial charge < -0.3 is 19.3 Å². The Morgan fingerprint density at radius 3 is 1.97 bits per heavy atom. The Morgan fingerprint density at radius 1 is 0.718 bits per heavy atom. The van der Waals surface area contributed by atoms with Gasteiger partial charge in [-0.2, -0.15) is 0 Å². The molecule has 0 radical (unpaired) electrons. The Kier molecular flexibility index (Phi) is 19.7. The first-order valence-corrected chi connectivity index (χ1v) is 14.5. The number of aliphatic carboxylic acids is 1. The van der Waals surface area contributed by atoms with Crippen LogP contribution in [-0.4, -0.2) is 61.5 Å². The van der Waals surface area contributed by atoms with E-state index in [0.717, 1.165) is 50.7 Å². The van der Waals surface area contributed by atoms with E-state index in [0.29, 0.717) is 57.9 Å². The van der Waals surface area contributed by atoms with E-state index in [1.165, 1.54) is 0 Å². The summed E-state index contributed by atoms with van der Waals surface area (Å²) >= 11 is 0. The van der Waals surface area contributed by atoms with Crippen molar-refractivity contribution in [3.63, 3.8) is 0 Å². The smallest absolute Gasteiger partial charge is 0.306 e. The molecule has 0 heterocycles. The van der Waals surface area contributed by atoms with Gasteiger partial charge in [0.25, 0.3) is 0 Å². The molecule has 0 saturated heterocycles. The Morgan fingerprint density at radius 2 is 1.33 bits per heavy atom. The Bertz CT molecular complexity index is 833. The molecule has 1 rings (SSSR count). The molecule has 0 amide bonds. The molecule has 0 bridgehead atoms. The molecule has 0 aromatic heterocycles. The van der Waals surface area contributed by atoms with Crippen molar-refractivity contribution in [2.45, 2.75) is 97.3 Å². The second-order valence-corrected chi connectivity index (χ2v) is 9.92. The molecular formula is C31H48O8. The number of rotatable bonds is 26. The number of ether oxygens (including phenoxy) is 3. The van der Waals surface area contributed by atoms with Gasteiger partial charge in [-0.25, -0.2) is 0 Å². The van der Waals surface area contributed by atoms with Gasteiger partial charge in [-0.1, -0.05) is 32.1 Å². The zero-order valence-corrected chi connectivity index (χ0v) is 23.9. The van der Waals surface area contributed by atoms with E-state index in [9.17, 15) is 24.3 Å². The third-order valence-corrected chi connectivity index (χ3v) is 6.54. The van der Waals surface area contributed by atoms with Crippen molar-refractivity contribution in [3.8, 4) is 5.75 Å². The van der Waals surface area contributed by atoms with Gasteiger partial charge in [-0.05, 0) is 63.8 Å². The van der Waals surface area contributed by atoms with Crippen LogP contribution in [0.1, 0.15) is 108 Å². The largest absolute Gasteiger partial charge is 0.494 e. The second-order valence-electron chi connectivity index (χ2n) is 9.92. The topological polar surface area (TPSA) is 116 Å². The maximum absolute atomic E-state index is 12.3. The van der Waals surface area contributed by atoms with Crippen molar-refractivity contribution < 1.29 is 38.5 Å². The molecule has 0 aliphatic rings. The monoisotopic (exact) mass is 548 g/mol. The predicted octanol–water partition coefficient (Wildman–Crippen LogP) is 6.23. The molecule has 1 N–H and O–H groups in total. The Labute approximate surface area is 233 Å². The number of ketones is 3. The van der Waals surface area contributed by atoms with Gasteiger partial charge in [0.15, 0.2) is 5.78 Å². The summed E-state index contributed by atoms with van der Waals surface area (Å²) in [5.41, 5.74) is 0.680. The SMILES string of the molecule is CCOCCOCCCC(=O)CC[C@H](CC(=O)CCCCCCCCCOc1ccc(C(C)=O)cc1)C(=O)O. The molecule has 1 aromatic carbocycles. The van der Waals surface area contributed by atoms with Gasteiger partial charge in [0.1, 0.15) is 17.3 Å². The van der Waals surface area contributed by atoms with Crippen LogP contribution < -0.4 is 4.74 Å². The van der Waals surface area contributed by atoms with Crippen molar-refractivity contribution in [2.24, 2.45) is 5.92 Å². The highest BCUT2D eigenvalue weighted by Gasteiger charge is 2.22. The third kappa shape index (κ3) is 18.4. The zero-order valence-electron chi connectivity index (χ0n) is 23.9. The van der Waals surface area contributed by atoms with Crippen LogP contribution in [0.2, 0.25) is 0 Å². The summed E-state index contributed by atoms with van der Waals surface area (Å²) in [6, 6.07) is 7.19. The molecule has 39 heavy (non-hydrogen) atoms. The van der Waals surface area contributed by atoms with Gasteiger partial charge in [-0.15, -0.1) is 0 Å². The lowest BCUT2D eigenvalue weighted by atomic mass is 9.93. The number of benzene rings is 1. The molecule has 8 nitrogen and oxygen atoms in total. The molecule has 1 aromatic rings. The maximum Gasteiger partial charge on any atom is 0.306 e. The summed E-state index contributed by atoms with van der Waals surface area (Å²) < 4.78 is 16.3. The van der Waals surface area contributed by atoms with Crippen molar-refractivity contribution in [2.75, 3.05) is 33.0 Å². The summed E-state index contributed by atoms with van der Waals surface area (Å²) in [6.45, 7) is 6.27. The van der Waals surface area contributed by atoms with Crippen LogP contribution >= 0.6 is 0 Å². The van der Waals surface area contributed by atoms with Gasteiger partial charge in [-0.3, -0.25) is 19.2 Å². The first-order valence-electron chi connectivity index (χ1n) is 14.5. The van der Waals surface area contributed by atoms with Crippen LogP contribution in [0.5, 0.6) is 5.75 Å². The average molecular weight is 549 g/mol. The van der Waals surface area contributed by atoms with E-state index in [2.05, 4.69) is 0 Å². The third-order valence-electron chi connectivity index (χ3n) is 6.54. The van der Waals surface area contributed by atoms with Crippen LogP contribution in [0.25, 0.3) is 0 Å². The molecule has 0 aliphatic heterocycles. The highest BCUT2D eigenvalue weighted by atomic mass is 16.5. The van der Waals surface area contributed by atoms with Crippen molar-refractivity contribution in [1.82, 2.24) is 0 Å². The predicted molar refractivity (Wildman–Crippen MR) is 150 cm³/mol. The molecular weight excluding hydrogens is 500 g/mol. The second kappa shape index (κ2) is 22.3. The van der Waals surface area contributed by atoms with Crippen LogP contribution in [0, 0.1) is 5.92 Å². The Balaban J connectivity index is 2.03. The normalized spacial score (nSPS) is 11.7. The summed E-state index contributed by atoms with van der Waals surface area (Å²) in [7, 11) is 0. The lowest BCUT2D eigenvalue weighted by Crippen LogP contribution is -2.19. The minimum absolute atomic E-state index is 0.000627. The maximum atomic E-state index is 12.3. The number of unbranched alkanes of at least 4 members (excludes halogenated alkanes) is 6. The molecule has 1 atom stereocenters. The number of Topliss-reactive ketones (excluding diaryl/α,β-unsaturated/α-hetero) is 3. The summed E-state index contributed by atoms with van der Waals surface area (Å²) in [4.78, 5) is 47.2. The standard InChI is InChI=1S/C31H48O8/c1-3-37-22-23-38-20-11-13-28(33)17-14-27(31(35)36)24-29(34)12-9-7-5-4-6-8-10-21-39-30-18-15-26(16-19-30)25(2)32/h15-16,18-19,27H,3-14,17,20-24H2,1-2H3,(H,35,36)/t27-/m1/s1. The number of carboxylic acid groups (broad SMARTS) is 1. The highest BCUT2D eigenvalue weighted by Crippen LogP contribution is 2.17. The van der Waals surface area contributed by atoms with Gasteiger partial charge in [0.2, 0.25) is 0 Å². The fourth-order valence-corrected chi connectivity index (χ4v) is 4.17. The van der Waals surface area contributed by atoms with E-state index in [1.807, 2.05) is 19.1 Å². The van der Waals surface area contributed by atoms with Crippen molar-refractivity contribution >= 4 is 23.3 Å². The molecule has 0 aliphatic carbocycles. The number of carbonyl (C=O) groups is 4. The van der Waals surface area contributed by atoms with E-state index >= 15 is 0 Å². The molecule has 220 valence electrons. The minimum Gasteiger partial charge on any atom is -0.494 e. The zero-order chi connectivity index (χ0) is 28.7. The van der Waals surface area contributed by atoms with Crippen molar-refractivity contribution in [1.29, 1.82) is 0 Å². The lowest BCUT2D eigenvalue weighted by Gasteiger charge is -2.11. The van der Waals surface area contributed by atoms with E-state index in [4.69, 9.17) is 14.2 Å². The summed E-state index contributed by atoms with van der Waals surface area (Å²) in [5.74, 6) is -1.01. The van der Waals surface area contributed by atoms with E-state index < -0.39 is 11.9 Å². The number of carbonyl (C=O) groups excluding carboxylic acids is 3. The molecule has 0 spiro atoms. The first-order chi connectivity index (χ1) is 18.8. The number of carboxylic acids is 1. The summed E-state index contributed by atoms with van der Waals surface area (Å²) in [6.07, 6.45) is 8.76. The minimum atomic E-state index is -1.01. The first kappa shape index (κ1) is 34.4. The molecule has 8 heteroatoms. The van der Waals surface area contributed by atoms with Crippen LogP contribution in [-0.2, 0) is 23.9 Å². The van der Waals surface area contributed by atoms with Gasteiger partial charge >= 0.3 is 5.97 Å². The molecule has 0 saturated carbocycles. The molecule has 0 unspecified atom stereocenters. The number of hydrogen-bond acceptors (Lipinski definition) is 7. The average Bonchev–Trinajstić information content (AvgIpc) is 2.91. The summed E-state index contributed by atoms with van der Waals surface area (Å²) in [5, 5.41) is 9.46. The fraction of sp³-hybridized carbons (Fsp3) is 0.677. The van der Waals surface area contributed by atoms with Crippen molar-refractivity contribution in [3.05, 3.63) is 29.8 Å². The Hall–Kier alpha value is -2.58. The van der Waals surface area contributed by atoms with Gasteiger partial charge in [0.05, 0.1) is 25.7 Å². The van der Waals surface area contributed by atoms with E-state index in [-0.39, 0.29) is 36.6 Å². The highest BCUT2D eigenvalue weighted by molar-refractivity contribution is 5.94. The quantitative estimate of drug-likeness (QED) is 0.107. The van der Waals surface area contributed by atoms with E-state index in [1.54, 1.807) is 19.1 Å². The molecule has 0 fully saturated rings. The van der Waals surface area contributed by atoms with Crippen LogP contribution in [0.3, 0.4) is 0 Å². The van der Waals surface area contributed by atoms with Crippen LogP contribution in [0.15, 0.2) is 24.3 Å². The number of hydrogen-bond donors (Lipinski definition) is 1. The van der Waals surface area contributed by atoms with Crippen LogP contribution in [0.4, 0.5) is 0 Å². The lowest BCUT2D eigenvalue weighted by molar-refractivity contribution is -0.144.